The fourth-order valence-electron chi connectivity index (χ4n) is 3.16. The smallest absolute Gasteiger partial charge is 0.243 e. The van der Waals surface area contributed by atoms with Crippen molar-refractivity contribution in [3.05, 3.63) is 69.2 Å². The molecule has 0 heterocycles. The summed E-state index contributed by atoms with van der Waals surface area (Å²) in [5.74, 6) is 0.811. The highest BCUT2D eigenvalue weighted by Crippen LogP contribution is 2.24. The number of carbonyl (C=O) groups excluding carboxylic acids is 2. The minimum Gasteiger partial charge on any atom is -0.352 e. The van der Waals surface area contributed by atoms with Crippen molar-refractivity contribution >= 4 is 46.8 Å². The minimum absolute atomic E-state index is 0.000564. The van der Waals surface area contributed by atoms with Gasteiger partial charge in [-0.3, -0.25) is 9.59 Å². The quantitative estimate of drug-likeness (QED) is 0.462. The Morgan fingerprint density at radius 2 is 1.68 bits per heavy atom. The Labute approximate surface area is 199 Å². The van der Waals surface area contributed by atoms with Crippen molar-refractivity contribution in [1.82, 2.24) is 10.2 Å². The molecule has 1 N–H and O–H groups in total. The lowest BCUT2D eigenvalue weighted by atomic mass is 10.1. The zero-order valence-corrected chi connectivity index (χ0v) is 20.8. The van der Waals surface area contributed by atoms with Gasteiger partial charge in [-0.25, -0.2) is 0 Å². The number of hydrogen-bond acceptors (Lipinski definition) is 3. The van der Waals surface area contributed by atoms with Crippen LogP contribution in [-0.2, 0) is 21.9 Å². The summed E-state index contributed by atoms with van der Waals surface area (Å²) in [5.41, 5.74) is 3.21. The van der Waals surface area contributed by atoms with Gasteiger partial charge in [-0.05, 0) is 50.5 Å². The molecular formula is C24H30Cl2N2O2S. The van der Waals surface area contributed by atoms with Crippen molar-refractivity contribution in [2.24, 2.45) is 0 Å². The molecule has 2 rings (SSSR count). The summed E-state index contributed by atoms with van der Waals surface area (Å²) in [6.07, 6.45) is 0.522. The predicted molar refractivity (Wildman–Crippen MR) is 132 cm³/mol. The highest BCUT2D eigenvalue weighted by atomic mass is 35.5. The topological polar surface area (TPSA) is 49.4 Å². The summed E-state index contributed by atoms with van der Waals surface area (Å²) in [6.45, 7) is 8.08. The SMILES string of the molecule is CC[C@H](C(=O)NC(C)C)N(Cc1ccc(Cl)c(Cl)c1)C(=O)CSCc1ccc(C)cc1. The van der Waals surface area contributed by atoms with E-state index >= 15 is 0 Å². The van der Waals surface area contributed by atoms with Crippen LogP contribution in [0, 0.1) is 6.92 Å². The van der Waals surface area contributed by atoms with E-state index < -0.39 is 6.04 Å². The van der Waals surface area contributed by atoms with Crippen LogP contribution in [0.2, 0.25) is 10.0 Å². The van der Waals surface area contributed by atoms with E-state index in [1.165, 1.54) is 11.1 Å². The van der Waals surface area contributed by atoms with Gasteiger partial charge in [-0.2, -0.15) is 0 Å². The van der Waals surface area contributed by atoms with Gasteiger partial charge in [0, 0.05) is 18.3 Å². The van der Waals surface area contributed by atoms with Crippen LogP contribution in [-0.4, -0.2) is 34.6 Å². The second-order valence-corrected chi connectivity index (χ2v) is 9.64. The van der Waals surface area contributed by atoms with Gasteiger partial charge < -0.3 is 10.2 Å². The lowest BCUT2D eigenvalue weighted by molar-refractivity contribution is -0.139. The molecule has 0 aliphatic heterocycles. The van der Waals surface area contributed by atoms with Crippen molar-refractivity contribution in [3.63, 3.8) is 0 Å². The van der Waals surface area contributed by atoms with Crippen LogP contribution in [0.3, 0.4) is 0 Å². The number of aryl methyl sites for hydroxylation is 1. The summed E-state index contributed by atoms with van der Waals surface area (Å²) in [4.78, 5) is 27.7. The van der Waals surface area contributed by atoms with Crippen molar-refractivity contribution in [1.29, 1.82) is 0 Å². The maximum Gasteiger partial charge on any atom is 0.243 e. The molecule has 1 atom stereocenters. The van der Waals surface area contributed by atoms with Crippen molar-refractivity contribution in [2.45, 2.75) is 58.5 Å². The molecule has 0 saturated carbocycles. The molecule has 0 spiro atoms. The Kier molecular flexibility index (Phi) is 10.2. The summed E-state index contributed by atoms with van der Waals surface area (Å²) < 4.78 is 0. The van der Waals surface area contributed by atoms with E-state index in [1.54, 1.807) is 28.8 Å². The second-order valence-electron chi connectivity index (χ2n) is 7.84. The normalized spacial score (nSPS) is 12.0. The molecule has 0 radical (unpaired) electrons. The van der Waals surface area contributed by atoms with E-state index in [0.29, 0.717) is 28.8 Å². The number of amides is 2. The fourth-order valence-corrected chi connectivity index (χ4v) is 4.35. The molecule has 0 aromatic heterocycles. The lowest BCUT2D eigenvalue weighted by Crippen LogP contribution is -2.50. The van der Waals surface area contributed by atoms with Gasteiger partial charge >= 0.3 is 0 Å². The lowest BCUT2D eigenvalue weighted by Gasteiger charge is -2.31. The molecule has 0 fully saturated rings. The van der Waals surface area contributed by atoms with Crippen molar-refractivity contribution in [2.75, 3.05) is 5.75 Å². The monoisotopic (exact) mass is 480 g/mol. The number of rotatable bonds is 10. The van der Waals surface area contributed by atoms with Crippen molar-refractivity contribution < 1.29 is 9.59 Å². The van der Waals surface area contributed by atoms with E-state index in [-0.39, 0.29) is 17.9 Å². The number of carbonyl (C=O) groups is 2. The van der Waals surface area contributed by atoms with Crippen LogP contribution < -0.4 is 5.32 Å². The molecular weight excluding hydrogens is 451 g/mol. The van der Waals surface area contributed by atoms with Crippen LogP contribution in [0.4, 0.5) is 0 Å². The maximum absolute atomic E-state index is 13.2. The van der Waals surface area contributed by atoms with Crippen molar-refractivity contribution in [3.8, 4) is 0 Å². The number of halogens is 2. The maximum atomic E-state index is 13.2. The Morgan fingerprint density at radius 1 is 1.03 bits per heavy atom. The number of hydrogen-bond donors (Lipinski definition) is 1. The molecule has 2 aromatic carbocycles. The molecule has 0 aliphatic carbocycles. The molecule has 4 nitrogen and oxygen atoms in total. The largest absolute Gasteiger partial charge is 0.352 e. The third-order valence-electron chi connectivity index (χ3n) is 4.77. The fraction of sp³-hybridized carbons (Fsp3) is 0.417. The van der Waals surface area contributed by atoms with Gasteiger partial charge in [-0.15, -0.1) is 11.8 Å². The Morgan fingerprint density at radius 3 is 2.26 bits per heavy atom. The van der Waals surface area contributed by atoms with Crippen LogP contribution >= 0.6 is 35.0 Å². The number of nitrogens with zero attached hydrogens (tertiary/aromatic N) is 1. The zero-order chi connectivity index (χ0) is 23.0. The average molecular weight is 481 g/mol. The van der Waals surface area contributed by atoms with Gasteiger partial charge in [-0.1, -0.05) is 66.0 Å². The first-order valence-electron chi connectivity index (χ1n) is 10.4. The van der Waals surface area contributed by atoms with Crippen LogP contribution in [0.15, 0.2) is 42.5 Å². The van der Waals surface area contributed by atoms with Gasteiger partial charge in [0.1, 0.15) is 6.04 Å². The number of thioether (sulfide) groups is 1. The van der Waals surface area contributed by atoms with Gasteiger partial charge in [0.15, 0.2) is 0 Å². The summed E-state index contributed by atoms with van der Waals surface area (Å²) in [6, 6.07) is 13.0. The summed E-state index contributed by atoms with van der Waals surface area (Å²) in [5, 5.41) is 3.83. The Balaban J connectivity index is 2.15. The zero-order valence-electron chi connectivity index (χ0n) is 18.5. The third-order valence-corrected chi connectivity index (χ3v) is 6.50. The Bertz CT molecular complexity index is 888. The minimum atomic E-state index is -0.552. The van der Waals surface area contributed by atoms with Crippen LogP contribution in [0.1, 0.15) is 43.9 Å². The van der Waals surface area contributed by atoms with Crippen LogP contribution in [0.25, 0.3) is 0 Å². The van der Waals surface area contributed by atoms with E-state index in [4.69, 9.17) is 23.2 Å². The first-order valence-corrected chi connectivity index (χ1v) is 12.3. The van der Waals surface area contributed by atoms with Gasteiger partial charge in [0.25, 0.3) is 0 Å². The van der Waals surface area contributed by atoms with Crippen LogP contribution in [0.5, 0.6) is 0 Å². The first-order chi connectivity index (χ1) is 14.7. The molecule has 31 heavy (non-hydrogen) atoms. The standard InChI is InChI=1S/C24H30Cl2N2O2S/c1-5-22(24(30)27-16(2)3)28(13-19-10-11-20(25)21(26)12-19)23(29)15-31-14-18-8-6-17(4)7-9-18/h6-12,16,22H,5,13-15H2,1-4H3,(H,27,30)/t22-/m1/s1. The molecule has 0 aliphatic rings. The van der Waals surface area contributed by atoms with E-state index in [9.17, 15) is 9.59 Å². The highest BCUT2D eigenvalue weighted by Gasteiger charge is 2.29. The van der Waals surface area contributed by atoms with Gasteiger partial charge in [0.2, 0.25) is 11.8 Å². The number of benzene rings is 2. The highest BCUT2D eigenvalue weighted by molar-refractivity contribution is 7.99. The second kappa shape index (κ2) is 12.4. The predicted octanol–water partition coefficient (Wildman–Crippen LogP) is 5.87. The molecule has 2 aromatic rings. The molecule has 0 unspecified atom stereocenters. The Hall–Kier alpha value is -1.69. The number of nitrogens with one attached hydrogen (secondary N) is 1. The molecule has 7 heteroatoms. The summed E-state index contributed by atoms with van der Waals surface area (Å²) >= 11 is 13.7. The third kappa shape index (κ3) is 8.06. The molecule has 0 bridgehead atoms. The van der Waals surface area contributed by atoms with Gasteiger partial charge in [0.05, 0.1) is 15.8 Å². The molecule has 2 amide bonds. The van der Waals surface area contributed by atoms with E-state index in [0.717, 1.165) is 11.3 Å². The average Bonchev–Trinajstić information content (AvgIpc) is 2.71. The first kappa shape index (κ1) is 25.6. The summed E-state index contributed by atoms with van der Waals surface area (Å²) in [7, 11) is 0. The molecule has 168 valence electrons. The molecule has 0 saturated heterocycles. The van der Waals surface area contributed by atoms with E-state index in [1.807, 2.05) is 26.8 Å². The van der Waals surface area contributed by atoms with E-state index in [2.05, 4.69) is 36.5 Å².